The monoisotopic (exact) mass is 282 g/mol. The minimum Gasteiger partial charge on any atom is -0.480 e. The van der Waals surface area contributed by atoms with Gasteiger partial charge in [0.2, 0.25) is 0 Å². The number of aliphatic carboxylic acids is 1. The summed E-state index contributed by atoms with van der Waals surface area (Å²) in [5.41, 5.74) is 0. The van der Waals surface area contributed by atoms with E-state index in [1.54, 1.807) is 4.90 Å². The van der Waals surface area contributed by atoms with Crippen LogP contribution < -0.4 is 0 Å². The maximum absolute atomic E-state index is 12.8. The maximum atomic E-state index is 12.8. The van der Waals surface area contributed by atoms with E-state index in [9.17, 15) is 14.7 Å². The topological polar surface area (TPSA) is 60.9 Å². The number of carboxylic acids is 1. The quantitative estimate of drug-likeness (QED) is 0.862. The summed E-state index contributed by atoms with van der Waals surface area (Å²) in [6.45, 7) is 5.50. The Kier molecular flexibility index (Phi) is 4.89. The molecule has 1 atom stereocenters. The molecule has 1 aliphatic carbocycles. The molecule has 0 aromatic rings. The van der Waals surface area contributed by atoms with Gasteiger partial charge in [0.15, 0.2) is 0 Å². The van der Waals surface area contributed by atoms with Gasteiger partial charge in [0.1, 0.15) is 6.04 Å². The second-order valence-corrected chi connectivity index (χ2v) is 6.46. The average molecular weight is 282 g/mol. The zero-order valence-corrected chi connectivity index (χ0v) is 12.5. The molecule has 2 aliphatic rings. The van der Waals surface area contributed by atoms with Crippen LogP contribution in [-0.2, 0) is 4.79 Å². The normalized spacial score (nSPS) is 23.6. The predicted octanol–water partition coefficient (Wildman–Crippen LogP) is 2.56. The highest BCUT2D eigenvalue weighted by molar-refractivity contribution is 5.83. The van der Waals surface area contributed by atoms with Gasteiger partial charge in [-0.1, -0.05) is 26.7 Å². The van der Waals surface area contributed by atoms with Crippen LogP contribution >= 0.6 is 0 Å². The molecule has 0 aromatic heterocycles. The van der Waals surface area contributed by atoms with Crippen molar-refractivity contribution in [1.82, 2.24) is 9.80 Å². The van der Waals surface area contributed by atoms with E-state index in [0.717, 1.165) is 38.6 Å². The van der Waals surface area contributed by atoms with Crippen molar-refractivity contribution in [3.63, 3.8) is 0 Å². The fourth-order valence-corrected chi connectivity index (χ4v) is 2.92. The zero-order chi connectivity index (χ0) is 14.7. The number of carbonyl (C=O) groups is 2. The standard InChI is InChI=1S/C15H26N2O3/c1-11(2)10-17(12-7-8-12)15(20)16-9-5-3-4-6-13(16)14(18)19/h11-13H,3-10H2,1-2H3,(H,18,19). The lowest BCUT2D eigenvalue weighted by molar-refractivity contribution is -0.142. The molecule has 5 heteroatoms. The van der Waals surface area contributed by atoms with Gasteiger partial charge >= 0.3 is 12.0 Å². The van der Waals surface area contributed by atoms with E-state index in [1.807, 2.05) is 4.90 Å². The van der Waals surface area contributed by atoms with Gasteiger partial charge in [0.05, 0.1) is 0 Å². The van der Waals surface area contributed by atoms with E-state index in [0.29, 0.717) is 24.9 Å². The molecular weight excluding hydrogens is 256 g/mol. The molecule has 0 bridgehead atoms. The number of rotatable bonds is 4. The van der Waals surface area contributed by atoms with Crippen molar-refractivity contribution in [3.8, 4) is 0 Å². The Balaban J connectivity index is 2.11. The largest absolute Gasteiger partial charge is 0.480 e. The summed E-state index contributed by atoms with van der Waals surface area (Å²) in [5, 5.41) is 9.39. The zero-order valence-electron chi connectivity index (χ0n) is 12.5. The molecule has 5 nitrogen and oxygen atoms in total. The van der Waals surface area contributed by atoms with Crippen LogP contribution in [-0.4, -0.2) is 52.1 Å². The summed E-state index contributed by atoms with van der Waals surface area (Å²) < 4.78 is 0. The van der Waals surface area contributed by atoms with E-state index >= 15 is 0 Å². The number of hydrogen-bond donors (Lipinski definition) is 1. The third-order valence-corrected chi connectivity index (χ3v) is 4.08. The first-order valence-electron chi connectivity index (χ1n) is 7.80. The lowest BCUT2D eigenvalue weighted by atomic mass is 10.1. The molecule has 1 heterocycles. The van der Waals surface area contributed by atoms with Crippen LogP contribution in [0, 0.1) is 5.92 Å². The number of nitrogens with zero attached hydrogens (tertiary/aromatic N) is 2. The molecule has 2 rings (SSSR count). The molecule has 1 aliphatic heterocycles. The van der Waals surface area contributed by atoms with Gasteiger partial charge in [-0.2, -0.15) is 0 Å². The summed E-state index contributed by atoms with van der Waals surface area (Å²) in [7, 11) is 0. The van der Waals surface area contributed by atoms with Crippen LogP contribution in [0.1, 0.15) is 52.4 Å². The van der Waals surface area contributed by atoms with Gasteiger partial charge < -0.3 is 14.9 Å². The summed E-state index contributed by atoms with van der Waals surface area (Å²) >= 11 is 0. The fraction of sp³-hybridized carbons (Fsp3) is 0.867. The van der Waals surface area contributed by atoms with E-state index in [4.69, 9.17) is 0 Å². The van der Waals surface area contributed by atoms with Gasteiger partial charge in [-0.15, -0.1) is 0 Å². The van der Waals surface area contributed by atoms with Crippen LogP contribution in [0.4, 0.5) is 4.79 Å². The van der Waals surface area contributed by atoms with Crippen LogP contribution in [0.25, 0.3) is 0 Å². The molecule has 1 saturated carbocycles. The van der Waals surface area contributed by atoms with Gasteiger partial charge in [0, 0.05) is 19.1 Å². The van der Waals surface area contributed by atoms with Crippen molar-refractivity contribution in [2.75, 3.05) is 13.1 Å². The van der Waals surface area contributed by atoms with E-state index < -0.39 is 12.0 Å². The Bertz CT molecular complexity index is 366. The van der Waals surface area contributed by atoms with E-state index in [1.165, 1.54) is 0 Å². The molecule has 1 N–H and O–H groups in total. The molecule has 2 fully saturated rings. The molecule has 2 amide bonds. The smallest absolute Gasteiger partial charge is 0.326 e. The van der Waals surface area contributed by atoms with E-state index in [-0.39, 0.29) is 6.03 Å². The first-order valence-corrected chi connectivity index (χ1v) is 7.80. The third kappa shape index (κ3) is 3.64. The number of amides is 2. The molecule has 20 heavy (non-hydrogen) atoms. The number of carbonyl (C=O) groups excluding carboxylic acids is 1. The minimum absolute atomic E-state index is 0.0597. The van der Waals surface area contributed by atoms with Crippen molar-refractivity contribution in [2.24, 2.45) is 5.92 Å². The summed E-state index contributed by atoms with van der Waals surface area (Å²) in [5.74, 6) is -0.449. The second-order valence-electron chi connectivity index (χ2n) is 6.46. The Labute approximate surface area is 120 Å². The van der Waals surface area contributed by atoms with Gasteiger partial charge in [-0.3, -0.25) is 0 Å². The molecule has 114 valence electrons. The SMILES string of the molecule is CC(C)CN(C(=O)N1CCCCCC1C(=O)O)C1CC1. The summed E-state index contributed by atoms with van der Waals surface area (Å²) in [6.07, 6.45) is 5.53. The molecule has 0 radical (unpaired) electrons. The van der Waals surface area contributed by atoms with Crippen molar-refractivity contribution in [2.45, 2.75) is 64.5 Å². The van der Waals surface area contributed by atoms with Crippen LogP contribution in [0.5, 0.6) is 0 Å². The summed E-state index contributed by atoms with van der Waals surface area (Å²) in [6, 6.07) is -0.364. The molecule has 0 aromatic carbocycles. The number of carboxylic acid groups (broad SMARTS) is 1. The average Bonchev–Trinajstić information content (AvgIpc) is 3.20. The lowest BCUT2D eigenvalue weighted by Crippen LogP contribution is -2.52. The highest BCUT2D eigenvalue weighted by Crippen LogP contribution is 2.30. The maximum Gasteiger partial charge on any atom is 0.326 e. The molecule has 1 saturated heterocycles. The Morgan fingerprint density at radius 3 is 2.45 bits per heavy atom. The number of likely N-dealkylation sites (tertiary alicyclic amines) is 1. The van der Waals surface area contributed by atoms with Crippen molar-refractivity contribution >= 4 is 12.0 Å². The lowest BCUT2D eigenvalue weighted by Gasteiger charge is -2.34. The highest BCUT2D eigenvalue weighted by Gasteiger charge is 2.39. The Morgan fingerprint density at radius 2 is 1.90 bits per heavy atom. The van der Waals surface area contributed by atoms with Crippen LogP contribution in [0.3, 0.4) is 0 Å². The van der Waals surface area contributed by atoms with Gasteiger partial charge in [-0.05, 0) is 31.6 Å². The van der Waals surface area contributed by atoms with Crippen molar-refractivity contribution in [1.29, 1.82) is 0 Å². The predicted molar refractivity (Wildman–Crippen MR) is 76.6 cm³/mol. The molecule has 0 spiro atoms. The number of hydrogen-bond acceptors (Lipinski definition) is 2. The molecule has 1 unspecified atom stereocenters. The summed E-state index contributed by atoms with van der Waals surface area (Å²) in [4.78, 5) is 27.7. The van der Waals surface area contributed by atoms with Gasteiger partial charge in [-0.25, -0.2) is 9.59 Å². The van der Waals surface area contributed by atoms with Crippen molar-refractivity contribution < 1.29 is 14.7 Å². The van der Waals surface area contributed by atoms with Crippen molar-refractivity contribution in [3.05, 3.63) is 0 Å². The minimum atomic E-state index is -0.861. The first-order chi connectivity index (χ1) is 9.50. The van der Waals surface area contributed by atoms with Gasteiger partial charge in [0.25, 0.3) is 0 Å². The van der Waals surface area contributed by atoms with E-state index in [2.05, 4.69) is 13.8 Å². The van der Waals surface area contributed by atoms with Crippen LogP contribution in [0.15, 0.2) is 0 Å². The molecular formula is C15H26N2O3. The Hall–Kier alpha value is -1.26. The second kappa shape index (κ2) is 6.46. The first kappa shape index (κ1) is 15.1. The fourth-order valence-electron chi connectivity index (χ4n) is 2.92. The Morgan fingerprint density at radius 1 is 1.20 bits per heavy atom. The third-order valence-electron chi connectivity index (χ3n) is 4.08. The van der Waals surface area contributed by atoms with Crippen LogP contribution in [0.2, 0.25) is 0 Å². The number of urea groups is 1. The highest BCUT2D eigenvalue weighted by atomic mass is 16.4.